The van der Waals surface area contributed by atoms with Crippen molar-refractivity contribution in [3.8, 4) is 17.2 Å². The minimum Gasteiger partial charge on any atom is -0.296 e. The molecule has 1 aromatic carbocycles. The molecule has 2 heterocycles. The Hall–Kier alpha value is -1.97. The highest BCUT2D eigenvalue weighted by Gasteiger charge is 2.18. The molecule has 0 atom stereocenters. The third-order valence-electron chi connectivity index (χ3n) is 4.07. The maximum Gasteiger partial charge on any atom is 0.262 e. The second-order valence-electron chi connectivity index (χ2n) is 6.18. The van der Waals surface area contributed by atoms with Gasteiger partial charge in [-0.3, -0.25) is 9.36 Å². The van der Waals surface area contributed by atoms with Crippen molar-refractivity contribution in [2.45, 2.75) is 39.2 Å². The molecule has 3 rings (SSSR count). The van der Waals surface area contributed by atoms with E-state index in [0.717, 1.165) is 26.3 Å². The van der Waals surface area contributed by atoms with E-state index in [1.165, 1.54) is 11.3 Å². The Labute approximate surface area is 158 Å². The predicted octanol–water partition coefficient (Wildman–Crippen LogP) is 5.31. The molecule has 0 aliphatic heterocycles. The van der Waals surface area contributed by atoms with E-state index in [0.29, 0.717) is 24.8 Å². The van der Waals surface area contributed by atoms with Gasteiger partial charge in [0.05, 0.1) is 11.5 Å². The Kier molecular flexibility index (Phi) is 5.36. The van der Waals surface area contributed by atoms with Crippen LogP contribution in [0.4, 0.5) is 0 Å². The summed E-state index contributed by atoms with van der Waals surface area (Å²) in [6.07, 6.45) is 1.09. The number of rotatable bonds is 5. The van der Waals surface area contributed by atoms with Crippen molar-refractivity contribution >= 4 is 37.5 Å². The molecular weight excluding hydrogens is 398 g/mol. The summed E-state index contributed by atoms with van der Waals surface area (Å²) in [4.78, 5) is 18.8. The number of thiophene rings is 1. The number of halogens is 1. The van der Waals surface area contributed by atoms with Crippen LogP contribution in [0.25, 0.3) is 21.3 Å². The Morgan fingerprint density at radius 3 is 2.68 bits per heavy atom. The summed E-state index contributed by atoms with van der Waals surface area (Å²) in [5, 5.41) is 11.5. The van der Waals surface area contributed by atoms with Gasteiger partial charge in [0.2, 0.25) is 0 Å². The van der Waals surface area contributed by atoms with Gasteiger partial charge < -0.3 is 0 Å². The SMILES string of the molecule is CC(C)c1nc2scc(-c3ccc(Br)cc3)c2c(=O)n1CCCC#N. The fourth-order valence-corrected chi connectivity index (χ4v) is 4.06. The molecule has 0 saturated heterocycles. The van der Waals surface area contributed by atoms with Crippen LogP contribution in [0.5, 0.6) is 0 Å². The van der Waals surface area contributed by atoms with Crippen molar-refractivity contribution < 1.29 is 0 Å². The number of nitriles is 1. The van der Waals surface area contributed by atoms with Crippen molar-refractivity contribution in [1.82, 2.24) is 9.55 Å². The molecular formula is C19H18BrN3OS. The zero-order valence-electron chi connectivity index (χ0n) is 14.1. The molecule has 0 N–H and O–H groups in total. The van der Waals surface area contributed by atoms with E-state index in [9.17, 15) is 4.79 Å². The molecule has 2 aromatic heterocycles. The third-order valence-corrected chi connectivity index (χ3v) is 5.47. The minimum atomic E-state index is -0.00851. The Balaban J connectivity index is 2.20. The van der Waals surface area contributed by atoms with Gasteiger partial charge in [-0.05, 0) is 24.1 Å². The maximum absolute atomic E-state index is 13.2. The molecule has 6 heteroatoms. The van der Waals surface area contributed by atoms with E-state index < -0.39 is 0 Å². The predicted molar refractivity (Wildman–Crippen MR) is 106 cm³/mol. The first-order valence-corrected chi connectivity index (χ1v) is 9.85. The summed E-state index contributed by atoms with van der Waals surface area (Å²) >= 11 is 4.95. The molecule has 0 bridgehead atoms. The number of nitrogens with zero attached hydrogens (tertiary/aromatic N) is 3. The van der Waals surface area contributed by atoms with Gasteiger partial charge in [0.1, 0.15) is 10.7 Å². The lowest BCUT2D eigenvalue weighted by molar-refractivity contribution is 0.568. The average molecular weight is 416 g/mol. The molecule has 0 amide bonds. The fraction of sp³-hybridized carbons (Fsp3) is 0.316. The van der Waals surface area contributed by atoms with E-state index in [2.05, 4.69) is 22.0 Å². The van der Waals surface area contributed by atoms with Crippen LogP contribution in [0, 0.1) is 11.3 Å². The van der Waals surface area contributed by atoms with Crippen LogP contribution in [0.15, 0.2) is 38.9 Å². The largest absolute Gasteiger partial charge is 0.296 e. The minimum absolute atomic E-state index is 0.00851. The molecule has 0 aliphatic carbocycles. The Morgan fingerprint density at radius 1 is 1.32 bits per heavy atom. The summed E-state index contributed by atoms with van der Waals surface area (Å²) in [6.45, 7) is 4.60. The summed E-state index contributed by atoms with van der Waals surface area (Å²) in [5.41, 5.74) is 1.93. The van der Waals surface area contributed by atoms with Crippen LogP contribution in [-0.4, -0.2) is 9.55 Å². The van der Waals surface area contributed by atoms with Gasteiger partial charge in [0.25, 0.3) is 5.56 Å². The third kappa shape index (κ3) is 3.53. The molecule has 4 nitrogen and oxygen atoms in total. The highest BCUT2D eigenvalue weighted by Crippen LogP contribution is 2.32. The van der Waals surface area contributed by atoms with Crippen LogP contribution in [0.3, 0.4) is 0 Å². The number of unbranched alkanes of at least 4 members (excludes halogenated alkanes) is 1. The van der Waals surface area contributed by atoms with Gasteiger partial charge in [-0.25, -0.2) is 4.98 Å². The first-order valence-electron chi connectivity index (χ1n) is 8.17. The topological polar surface area (TPSA) is 58.7 Å². The molecule has 3 aromatic rings. The number of aromatic nitrogens is 2. The van der Waals surface area contributed by atoms with E-state index >= 15 is 0 Å². The van der Waals surface area contributed by atoms with Crippen molar-refractivity contribution in [3.63, 3.8) is 0 Å². The second kappa shape index (κ2) is 7.51. The average Bonchev–Trinajstić information content (AvgIpc) is 3.01. The Morgan fingerprint density at radius 2 is 2.04 bits per heavy atom. The quantitative estimate of drug-likeness (QED) is 0.530. The van der Waals surface area contributed by atoms with Gasteiger partial charge in [-0.2, -0.15) is 5.26 Å². The van der Waals surface area contributed by atoms with Crippen LogP contribution in [0.1, 0.15) is 38.4 Å². The molecule has 0 unspecified atom stereocenters. The zero-order chi connectivity index (χ0) is 18.0. The first kappa shape index (κ1) is 17.8. The summed E-state index contributed by atoms with van der Waals surface area (Å²) in [6, 6.07) is 10.1. The van der Waals surface area contributed by atoms with E-state index in [1.807, 2.05) is 43.5 Å². The first-order chi connectivity index (χ1) is 12.0. The van der Waals surface area contributed by atoms with E-state index in [-0.39, 0.29) is 11.5 Å². The highest BCUT2D eigenvalue weighted by molar-refractivity contribution is 9.10. The molecule has 128 valence electrons. The molecule has 0 aliphatic rings. The van der Waals surface area contributed by atoms with Gasteiger partial charge in [0.15, 0.2) is 0 Å². The molecule has 0 saturated carbocycles. The van der Waals surface area contributed by atoms with Crippen LogP contribution in [0.2, 0.25) is 0 Å². The smallest absolute Gasteiger partial charge is 0.262 e. The zero-order valence-corrected chi connectivity index (χ0v) is 16.5. The number of fused-ring (bicyclic) bond motifs is 1. The van der Waals surface area contributed by atoms with Crippen LogP contribution < -0.4 is 5.56 Å². The van der Waals surface area contributed by atoms with Gasteiger partial charge in [-0.15, -0.1) is 11.3 Å². The van der Waals surface area contributed by atoms with Gasteiger partial charge in [0, 0.05) is 34.3 Å². The standard InChI is InChI=1S/C19H18BrN3OS/c1-12(2)17-22-18-16(19(24)23(17)10-4-3-9-21)15(11-25-18)13-5-7-14(20)8-6-13/h5-8,11-12H,3-4,10H2,1-2H3. The molecule has 0 radical (unpaired) electrons. The highest BCUT2D eigenvalue weighted by atomic mass is 79.9. The van der Waals surface area contributed by atoms with Gasteiger partial charge in [-0.1, -0.05) is 41.9 Å². The fourth-order valence-electron chi connectivity index (χ4n) is 2.86. The van der Waals surface area contributed by atoms with E-state index in [1.54, 1.807) is 4.57 Å². The Bertz CT molecular complexity index is 996. The maximum atomic E-state index is 13.2. The molecule has 25 heavy (non-hydrogen) atoms. The summed E-state index contributed by atoms with van der Waals surface area (Å²) < 4.78 is 2.75. The summed E-state index contributed by atoms with van der Waals surface area (Å²) in [5.74, 6) is 0.942. The van der Waals surface area contributed by atoms with Crippen LogP contribution >= 0.6 is 27.3 Å². The van der Waals surface area contributed by atoms with Gasteiger partial charge >= 0.3 is 0 Å². The summed E-state index contributed by atoms with van der Waals surface area (Å²) in [7, 11) is 0. The van der Waals surface area contributed by atoms with E-state index in [4.69, 9.17) is 10.2 Å². The van der Waals surface area contributed by atoms with Crippen molar-refractivity contribution in [2.75, 3.05) is 0 Å². The van der Waals surface area contributed by atoms with Crippen molar-refractivity contribution in [2.24, 2.45) is 0 Å². The second-order valence-corrected chi connectivity index (χ2v) is 7.95. The van der Waals surface area contributed by atoms with Crippen molar-refractivity contribution in [3.05, 3.63) is 50.3 Å². The molecule has 0 spiro atoms. The number of benzene rings is 1. The lowest BCUT2D eigenvalue weighted by Crippen LogP contribution is -2.26. The lowest BCUT2D eigenvalue weighted by Gasteiger charge is -2.14. The lowest BCUT2D eigenvalue weighted by atomic mass is 10.1. The van der Waals surface area contributed by atoms with Crippen molar-refractivity contribution in [1.29, 1.82) is 5.26 Å². The van der Waals surface area contributed by atoms with Crippen LogP contribution in [-0.2, 0) is 6.54 Å². The number of hydrogen-bond acceptors (Lipinski definition) is 4. The molecule has 0 fully saturated rings. The normalized spacial score (nSPS) is 11.2. The number of hydrogen-bond donors (Lipinski definition) is 0. The monoisotopic (exact) mass is 415 g/mol.